The number of thioether (sulfide) groups is 1. The minimum Gasteiger partial charge on any atom is -0.324 e. The van der Waals surface area contributed by atoms with Crippen LogP contribution >= 0.6 is 23.1 Å². The number of nitrogens with zero attached hydrogens (tertiary/aromatic N) is 3. The van der Waals surface area contributed by atoms with Crippen molar-refractivity contribution in [3.8, 4) is 0 Å². The highest BCUT2D eigenvalue weighted by atomic mass is 32.2. The molecule has 0 spiro atoms. The molecule has 3 amide bonds. The molecule has 0 aromatic carbocycles. The van der Waals surface area contributed by atoms with Crippen molar-refractivity contribution in [2.75, 3.05) is 12.3 Å². The molecule has 0 saturated carbocycles. The van der Waals surface area contributed by atoms with Gasteiger partial charge in [-0.3, -0.25) is 9.69 Å². The van der Waals surface area contributed by atoms with Crippen molar-refractivity contribution in [1.29, 1.82) is 0 Å². The average molecular weight is 286 g/mol. The summed E-state index contributed by atoms with van der Waals surface area (Å²) >= 11 is 3.01. The van der Waals surface area contributed by atoms with Crippen molar-refractivity contribution >= 4 is 35.0 Å². The summed E-state index contributed by atoms with van der Waals surface area (Å²) in [6.45, 7) is 5.68. The van der Waals surface area contributed by atoms with Crippen LogP contribution in [0.4, 0.5) is 4.79 Å². The third-order valence-corrected chi connectivity index (χ3v) is 4.44. The first kappa shape index (κ1) is 13.3. The van der Waals surface area contributed by atoms with Crippen molar-refractivity contribution in [2.24, 2.45) is 0 Å². The van der Waals surface area contributed by atoms with E-state index in [0.717, 1.165) is 9.35 Å². The Hall–Kier alpha value is -1.15. The quantitative estimate of drug-likeness (QED) is 0.666. The monoisotopic (exact) mass is 286 g/mol. The SMILES string of the molecule is Cc1nnc(SCCN2C(=O)NC(C)(C)C2=O)s1. The molecule has 1 aromatic rings. The maximum absolute atomic E-state index is 11.9. The summed E-state index contributed by atoms with van der Waals surface area (Å²) < 4.78 is 0.860. The third kappa shape index (κ3) is 2.64. The molecule has 98 valence electrons. The lowest BCUT2D eigenvalue weighted by atomic mass is 10.1. The van der Waals surface area contributed by atoms with Gasteiger partial charge >= 0.3 is 6.03 Å². The van der Waals surface area contributed by atoms with Gasteiger partial charge in [-0.25, -0.2) is 4.79 Å². The zero-order valence-corrected chi connectivity index (χ0v) is 12.0. The normalized spacial score (nSPS) is 18.3. The highest BCUT2D eigenvalue weighted by Crippen LogP contribution is 2.23. The van der Waals surface area contributed by atoms with Crippen LogP contribution in [0.3, 0.4) is 0 Å². The molecule has 6 nitrogen and oxygen atoms in total. The number of aryl methyl sites for hydroxylation is 1. The van der Waals surface area contributed by atoms with Gasteiger partial charge in [0.2, 0.25) is 0 Å². The number of carbonyl (C=O) groups excluding carboxylic acids is 2. The van der Waals surface area contributed by atoms with Gasteiger partial charge in [-0.05, 0) is 20.8 Å². The lowest BCUT2D eigenvalue weighted by Gasteiger charge is -2.15. The second-order valence-corrected chi connectivity index (χ2v) is 6.97. The molecule has 1 aliphatic rings. The standard InChI is InChI=1S/C10H14N4O2S2/c1-6-12-13-9(18-6)17-5-4-14-7(15)10(2,3)11-8(14)16/h4-5H2,1-3H3,(H,11,16). The van der Waals surface area contributed by atoms with Gasteiger partial charge in [0.1, 0.15) is 10.5 Å². The Morgan fingerprint density at radius 2 is 2.11 bits per heavy atom. The number of rotatable bonds is 4. The van der Waals surface area contributed by atoms with Gasteiger partial charge < -0.3 is 5.32 Å². The molecule has 2 rings (SSSR count). The molecule has 18 heavy (non-hydrogen) atoms. The van der Waals surface area contributed by atoms with Crippen LogP contribution in [-0.2, 0) is 4.79 Å². The fourth-order valence-corrected chi connectivity index (χ4v) is 3.39. The minimum atomic E-state index is -0.791. The number of amides is 3. The molecule has 1 saturated heterocycles. The molecule has 2 heterocycles. The van der Waals surface area contributed by atoms with Crippen LogP contribution in [0.15, 0.2) is 4.34 Å². The van der Waals surface area contributed by atoms with Crippen molar-refractivity contribution in [2.45, 2.75) is 30.6 Å². The van der Waals surface area contributed by atoms with Gasteiger partial charge in [0.05, 0.1) is 0 Å². The van der Waals surface area contributed by atoms with Gasteiger partial charge in [0.25, 0.3) is 5.91 Å². The second-order valence-electron chi connectivity index (χ2n) is 4.45. The first-order valence-corrected chi connectivity index (χ1v) is 7.27. The minimum absolute atomic E-state index is 0.179. The molecular formula is C10H14N4O2S2. The van der Waals surface area contributed by atoms with Crippen LogP contribution in [0.5, 0.6) is 0 Å². The Labute approximate surface area is 113 Å². The molecular weight excluding hydrogens is 272 g/mol. The summed E-state index contributed by atoms with van der Waals surface area (Å²) in [5.74, 6) is 0.450. The Morgan fingerprint density at radius 1 is 1.39 bits per heavy atom. The summed E-state index contributed by atoms with van der Waals surface area (Å²) in [5.41, 5.74) is -0.791. The van der Waals surface area contributed by atoms with Gasteiger partial charge in [-0.1, -0.05) is 23.1 Å². The third-order valence-electron chi connectivity index (χ3n) is 2.49. The van der Waals surface area contributed by atoms with Crippen molar-refractivity contribution in [3.63, 3.8) is 0 Å². The van der Waals surface area contributed by atoms with E-state index >= 15 is 0 Å². The van der Waals surface area contributed by atoms with Crippen LogP contribution < -0.4 is 5.32 Å². The fourth-order valence-electron chi connectivity index (χ4n) is 1.58. The number of hydrogen-bond acceptors (Lipinski definition) is 6. The maximum Gasteiger partial charge on any atom is 0.325 e. The Morgan fingerprint density at radius 3 is 2.61 bits per heavy atom. The van der Waals surface area contributed by atoms with E-state index in [9.17, 15) is 9.59 Å². The van der Waals surface area contributed by atoms with E-state index in [4.69, 9.17) is 0 Å². The molecule has 1 aromatic heterocycles. The Bertz CT molecular complexity index is 486. The lowest BCUT2D eigenvalue weighted by molar-refractivity contribution is -0.130. The van der Waals surface area contributed by atoms with E-state index in [1.54, 1.807) is 13.8 Å². The van der Waals surface area contributed by atoms with E-state index < -0.39 is 5.54 Å². The van der Waals surface area contributed by atoms with Crippen LogP contribution in [0.1, 0.15) is 18.9 Å². The van der Waals surface area contributed by atoms with E-state index in [0.29, 0.717) is 12.3 Å². The predicted molar refractivity (Wildman–Crippen MR) is 69.7 cm³/mol. The molecule has 0 atom stereocenters. The number of hydrogen-bond donors (Lipinski definition) is 1. The maximum atomic E-state index is 11.9. The zero-order valence-electron chi connectivity index (χ0n) is 10.4. The topological polar surface area (TPSA) is 75.2 Å². The fraction of sp³-hybridized carbons (Fsp3) is 0.600. The summed E-state index contributed by atoms with van der Waals surface area (Å²) in [4.78, 5) is 24.7. The second kappa shape index (κ2) is 4.85. The molecule has 0 unspecified atom stereocenters. The number of nitrogens with one attached hydrogen (secondary N) is 1. The molecule has 8 heteroatoms. The average Bonchev–Trinajstić information content (AvgIpc) is 2.75. The van der Waals surface area contributed by atoms with Crippen molar-refractivity contribution < 1.29 is 9.59 Å². The molecule has 0 aliphatic carbocycles. The highest BCUT2D eigenvalue weighted by molar-refractivity contribution is 8.01. The predicted octanol–water partition coefficient (Wildman–Crippen LogP) is 1.27. The van der Waals surface area contributed by atoms with Crippen LogP contribution in [0.25, 0.3) is 0 Å². The van der Waals surface area contributed by atoms with Gasteiger partial charge in [-0.15, -0.1) is 10.2 Å². The number of urea groups is 1. The number of aromatic nitrogens is 2. The summed E-state index contributed by atoms with van der Waals surface area (Å²) in [7, 11) is 0. The van der Waals surface area contributed by atoms with Gasteiger partial charge in [-0.2, -0.15) is 0 Å². The first-order chi connectivity index (χ1) is 8.40. The molecule has 0 bridgehead atoms. The smallest absolute Gasteiger partial charge is 0.324 e. The van der Waals surface area contributed by atoms with Crippen LogP contribution in [0, 0.1) is 6.92 Å². The highest BCUT2D eigenvalue weighted by Gasteiger charge is 2.43. The molecule has 1 aliphatic heterocycles. The molecule has 1 N–H and O–H groups in total. The Kier molecular flexibility index (Phi) is 3.58. The Balaban J connectivity index is 1.87. The lowest BCUT2D eigenvalue weighted by Crippen LogP contribution is -2.40. The molecule has 0 radical (unpaired) electrons. The number of imide groups is 1. The summed E-state index contributed by atoms with van der Waals surface area (Å²) in [6, 6.07) is -0.320. The van der Waals surface area contributed by atoms with Crippen LogP contribution in [0.2, 0.25) is 0 Å². The van der Waals surface area contributed by atoms with Gasteiger partial charge in [0, 0.05) is 12.3 Å². The van der Waals surface area contributed by atoms with E-state index in [1.165, 1.54) is 28.0 Å². The summed E-state index contributed by atoms with van der Waals surface area (Å²) in [6.07, 6.45) is 0. The first-order valence-electron chi connectivity index (χ1n) is 5.47. The van der Waals surface area contributed by atoms with Crippen molar-refractivity contribution in [1.82, 2.24) is 20.4 Å². The van der Waals surface area contributed by atoms with Gasteiger partial charge in [0.15, 0.2) is 4.34 Å². The van der Waals surface area contributed by atoms with Crippen LogP contribution in [-0.4, -0.2) is 44.9 Å². The largest absolute Gasteiger partial charge is 0.325 e. The zero-order chi connectivity index (χ0) is 13.3. The summed E-state index contributed by atoms with van der Waals surface area (Å²) in [5, 5.41) is 11.4. The van der Waals surface area contributed by atoms with E-state index in [1.807, 2.05) is 6.92 Å². The molecule has 1 fully saturated rings. The van der Waals surface area contributed by atoms with E-state index in [2.05, 4.69) is 15.5 Å². The number of carbonyl (C=O) groups is 2. The van der Waals surface area contributed by atoms with E-state index in [-0.39, 0.29) is 11.9 Å². The van der Waals surface area contributed by atoms with Crippen molar-refractivity contribution in [3.05, 3.63) is 5.01 Å².